The highest BCUT2D eigenvalue weighted by molar-refractivity contribution is 8.00. The molecule has 1 aromatic heterocycles. The van der Waals surface area contributed by atoms with Gasteiger partial charge >= 0.3 is 0 Å². The molecule has 1 aliphatic carbocycles. The smallest absolute Gasteiger partial charge is 0.228 e. The lowest BCUT2D eigenvalue weighted by molar-refractivity contribution is -0.118. The standard InChI is InChI=1S/C17H21N3O2S2/c1-4-15(21)20(13-6-7-13)16-18-19-17(24-16)23-10-12-9-11(2)5-8-14(12)22-3/h5,8-9,13H,4,6-7,10H2,1-3H3. The number of anilines is 1. The van der Waals surface area contributed by atoms with Crippen LogP contribution in [-0.4, -0.2) is 29.3 Å². The first-order valence-corrected chi connectivity index (χ1v) is 9.84. The fourth-order valence-electron chi connectivity index (χ4n) is 2.49. The van der Waals surface area contributed by atoms with Crippen molar-refractivity contribution in [3.63, 3.8) is 0 Å². The highest BCUT2D eigenvalue weighted by Crippen LogP contribution is 2.37. The number of ether oxygens (including phenoxy) is 1. The SMILES string of the molecule is CCC(=O)N(c1nnc(SCc2cc(C)ccc2OC)s1)C1CC1. The predicted octanol–water partition coefficient (Wildman–Crippen LogP) is 4.05. The van der Waals surface area contributed by atoms with Crippen LogP contribution in [0.4, 0.5) is 5.13 Å². The van der Waals surface area contributed by atoms with E-state index in [0.29, 0.717) is 12.5 Å². The zero-order valence-electron chi connectivity index (χ0n) is 14.1. The van der Waals surface area contributed by atoms with E-state index in [-0.39, 0.29) is 5.91 Å². The van der Waals surface area contributed by atoms with Crippen LogP contribution >= 0.6 is 23.1 Å². The molecule has 1 aromatic carbocycles. The van der Waals surface area contributed by atoms with Crippen molar-refractivity contribution in [1.29, 1.82) is 0 Å². The van der Waals surface area contributed by atoms with Gasteiger partial charge in [-0.3, -0.25) is 9.69 Å². The molecule has 0 atom stereocenters. The van der Waals surface area contributed by atoms with E-state index in [1.807, 2.05) is 24.0 Å². The highest BCUT2D eigenvalue weighted by atomic mass is 32.2. The Balaban J connectivity index is 1.70. The Morgan fingerprint density at radius 3 is 2.88 bits per heavy atom. The normalized spacial score (nSPS) is 13.8. The fraction of sp³-hybridized carbons (Fsp3) is 0.471. The number of benzene rings is 1. The molecule has 1 saturated carbocycles. The molecule has 1 heterocycles. The van der Waals surface area contributed by atoms with E-state index in [0.717, 1.165) is 39.4 Å². The van der Waals surface area contributed by atoms with E-state index in [4.69, 9.17) is 4.74 Å². The van der Waals surface area contributed by atoms with Crippen LogP contribution in [0.15, 0.2) is 22.5 Å². The molecule has 2 aromatic rings. The molecule has 0 spiro atoms. The van der Waals surface area contributed by atoms with Crippen molar-refractivity contribution in [2.24, 2.45) is 0 Å². The van der Waals surface area contributed by atoms with Gasteiger partial charge in [0.25, 0.3) is 0 Å². The Labute approximate surface area is 150 Å². The Morgan fingerprint density at radius 1 is 1.42 bits per heavy atom. The molecule has 3 rings (SSSR count). The van der Waals surface area contributed by atoms with Crippen LogP contribution in [0, 0.1) is 6.92 Å². The molecule has 5 nitrogen and oxygen atoms in total. The molecule has 0 N–H and O–H groups in total. The van der Waals surface area contributed by atoms with Crippen LogP contribution in [0.1, 0.15) is 37.3 Å². The molecule has 0 radical (unpaired) electrons. The minimum atomic E-state index is 0.130. The van der Waals surface area contributed by atoms with E-state index in [1.54, 1.807) is 18.9 Å². The first kappa shape index (κ1) is 17.2. The summed E-state index contributed by atoms with van der Waals surface area (Å²) in [5.74, 6) is 1.79. The number of rotatable bonds is 7. The van der Waals surface area contributed by atoms with Gasteiger partial charge in [-0.2, -0.15) is 0 Å². The summed E-state index contributed by atoms with van der Waals surface area (Å²) in [6.45, 7) is 3.96. The minimum Gasteiger partial charge on any atom is -0.496 e. The van der Waals surface area contributed by atoms with Gasteiger partial charge in [0.1, 0.15) is 5.75 Å². The van der Waals surface area contributed by atoms with Crippen LogP contribution in [0.2, 0.25) is 0 Å². The van der Waals surface area contributed by atoms with Gasteiger partial charge in [-0.25, -0.2) is 0 Å². The van der Waals surface area contributed by atoms with Crippen molar-refractivity contribution < 1.29 is 9.53 Å². The average Bonchev–Trinajstić information content (AvgIpc) is 3.31. The van der Waals surface area contributed by atoms with E-state index in [1.165, 1.54) is 16.9 Å². The molecule has 0 unspecified atom stereocenters. The van der Waals surface area contributed by atoms with Gasteiger partial charge in [-0.15, -0.1) is 10.2 Å². The maximum atomic E-state index is 12.1. The number of aromatic nitrogens is 2. The quantitative estimate of drug-likeness (QED) is 0.549. The van der Waals surface area contributed by atoms with Crippen LogP contribution in [0.3, 0.4) is 0 Å². The molecular weight excluding hydrogens is 342 g/mol. The predicted molar refractivity (Wildman–Crippen MR) is 98.0 cm³/mol. The first-order chi connectivity index (χ1) is 11.6. The van der Waals surface area contributed by atoms with Gasteiger partial charge in [-0.05, 0) is 25.8 Å². The lowest BCUT2D eigenvalue weighted by atomic mass is 10.1. The van der Waals surface area contributed by atoms with E-state index < -0.39 is 0 Å². The van der Waals surface area contributed by atoms with E-state index >= 15 is 0 Å². The maximum Gasteiger partial charge on any atom is 0.228 e. The molecule has 0 aliphatic heterocycles. The van der Waals surface area contributed by atoms with Crippen LogP contribution in [0.25, 0.3) is 0 Å². The largest absolute Gasteiger partial charge is 0.496 e. The number of carbonyl (C=O) groups excluding carboxylic acids is 1. The summed E-state index contributed by atoms with van der Waals surface area (Å²) in [4.78, 5) is 14.0. The second-order valence-corrected chi connectivity index (χ2v) is 7.98. The third kappa shape index (κ3) is 3.89. The topological polar surface area (TPSA) is 55.3 Å². The Bertz CT molecular complexity index is 728. The number of hydrogen-bond acceptors (Lipinski definition) is 6. The molecule has 0 saturated heterocycles. The molecule has 1 aliphatic rings. The Kier molecular flexibility index (Phi) is 5.40. The van der Waals surface area contributed by atoms with Crippen molar-refractivity contribution in [3.05, 3.63) is 29.3 Å². The van der Waals surface area contributed by atoms with Crippen molar-refractivity contribution in [2.45, 2.75) is 49.2 Å². The van der Waals surface area contributed by atoms with Crippen LogP contribution < -0.4 is 9.64 Å². The Hall–Kier alpha value is -1.60. The van der Waals surface area contributed by atoms with Crippen molar-refractivity contribution in [2.75, 3.05) is 12.0 Å². The third-order valence-corrected chi connectivity index (χ3v) is 5.98. The first-order valence-electron chi connectivity index (χ1n) is 8.04. The summed E-state index contributed by atoms with van der Waals surface area (Å²) in [6.07, 6.45) is 2.63. The van der Waals surface area contributed by atoms with E-state index in [2.05, 4.69) is 23.2 Å². The zero-order chi connectivity index (χ0) is 17.1. The summed E-state index contributed by atoms with van der Waals surface area (Å²) in [5, 5.41) is 9.22. The summed E-state index contributed by atoms with van der Waals surface area (Å²) in [5.41, 5.74) is 2.35. The molecule has 128 valence electrons. The summed E-state index contributed by atoms with van der Waals surface area (Å²) >= 11 is 3.12. The highest BCUT2D eigenvalue weighted by Gasteiger charge is 2.35. The number of carbonyl (C=O) groups is 1. The lowest BCUT2D eigenvalue weighted by Gasteiger charge is -2.17. The Morgan fingerprint density at radius 2 is 2.21 bits per heavy atom. The third-order valence-electron chi connectivity index (χ3n) is 3.87. The second-order valence-electron chi connectivity index (χ2n) is 5.80. The van der Waals surface area contributed by atoms with Gasteiger partial charge in [0.05, 0.1) is 7.11 Å². The summed E-state index contributed by atoms with van der Waals surface area (Å²) in [7, 11) is 1.69. The number of amides is 1. The number of thioether (sulfide) groups is 1. The van der Waals surface area contributed by atoms with Crippen molar-refractivity contribution in [1.82, 2.24) is 10.2 Å². The van der Waals surface area contributed by atoms with Gasteiger partial charge < -0.3 is 4.74 Å². The summed E-state index contributed by atoms with van der Waals surface area (Å²) in [6, 6.07) is 6.48. The van der Waals surface area contributed by atoms with Gasteiger partial charge in [0, 0.05) is 23.8 Å². The number of nitrogens with zero attached hydrogens (tertiary/aromatic N) is 3. The van der Waals surface area contributed by atoms with Crippen LogP contribution in [-0.2, 0) is 10.5 Å². The summed E-state index contributed by atoms with van der Waals surface area (Å²) < 4.78 is 6.30. The van der Waals surface area contributed by atoms with Crippen molar-refractivity contribution in [3.8, 4) is 5.75 Å². The molecular formula is C17H21N3O2S2. The zero-order valence-corrected chi connectivity index (χ0v) is 15.7. The van der Waals surface area contributed by atoms with Gasteiger partial charge in [0.2, 0.25) is 11.0 Å². The number of hydrogen-bond donors (Lipinski definition) is 0. The minimum absolute atomic E-state index is 0.130. The maximum absolute atomic E-state index is 12.1. The average molecular weight is 364 g/mol. The number of methoxy groups -OCH3 is 1. The monoisotopic (exact) mass is 363 g/mol. The fourth-order valence-corrected chi connectivity index (χ4v) is 4.40. The van der Waals surface area contributed by atoms with Crippen molar-refractivity contribution >= 4 is 34.1 Å². The molecule has 1 amide bonds. The number of aryl methyl sites for hydroxylation is 1. The lowest BCUT2D eigenvalue weighted by Crippen LogP contribution is -2.32. The molecule has 7 heteroatoms. The van der Waals surface area contributed by atoms with E-state index in [9.17, 15) is 4.79 Å². The van der Waals surface area contributed by atoms with Crippen LogP contribution in [0.5, 0.6) is 5.75 Å². The van der Waals surface area contributed by atoms with Gasteiger partial charge in [-0.1, -0.05) is 47.7 Å². The molecule has 1 fully saturated rings. The van der Waals surface area contributed by atoms with Gasteiger partial charge in [0.15, 0.2) is 4.34 Å². The second kappa shape index (κ2) is 7.53. The molecule has 0 bridgehead atoms. The molecule has 24 heavy (non-hydrogen) atoms.